The van der Waals surface area contributed by atoms with Crippen molar-refractivity contribution >= 4 is 28.4 Å². The molecular formula is C22H20F4N6. The average Bonchev–Trinajstić information content (AvgIpc) is 3.08. The van der Waals surface area contributed by atoms with Crippen LogP contribution in [0.5, 0.6) is 0 Å². The van der Waals surface area contributed by atoms with Gasteiger partial charge in [0.25, 0.3) is 0 Å². The van der Waals surface area contributed by atoms with Gasteiger partial charge in [-0.25, -0.2) is 19.3 Å². The highest BCUT2D eigenvalue weighted by atomic mass is 19.4. The molecule has 0 saturated heterocycles. The van der Waals surface area contributed by atoms with Gasteiger partial charge in [-0.15, -0.1) is 0 Å². The number of aromatic nitrogens is 4. The molecule has 0 radical (unpaired) electrons. The molecule has 0 aliphatic carbocycles. The minimum atomic E-state index is -4.44. The van der Waals surface area contributed by atoms with Crippen LogP contribution in [0.15, 0.2) is 42.9 Å². The van der Waals surface area contributed by atoms with Gasteiger partial charge in [0, 0.05) is 29.9 Å². The van der Waals surface area contributed by atoms with E-state index in [9.17, 15) is 17.6 Å². The highest BCUT2D eigenvalue weighted by Crippen LogP contribution is 2.30. The predicted molar refractivity (Wildman–Crippen MR) is 114 cm³/mol. The topological polar surface area (TPSA) is 78.5 Å². The van der Waals surface area contributed by atoms with Crippen molar-refractivity contribution < 1.29 is 17.6 Å². The fraction of sp³-hybridized carbons (Fsp3) is 0.227. The Labute approximate surface area is 181 Å². The zero-order valence-electron chi connectivity index (χ0n) is 17.3. The molecule has 0 saturated carbocycles. The van der Waals surface area contributed by atoms with Gasteiger partial charge in [-0.05, 0) is 49.6 Å². The first kappa shape index (κ1) is 21.5. The summed E-state index contributed by atoms with van der Waals surface area (Å²) in [5.41, 5.74) is 2.63. The van der Waals surface area contributed by atoms with Crippen molar-refractivity contribution in [1.82, 2.24) is 19.9 Å². The van der Waals surface area contributed by atoms with Crippen LogP contribution in [-0.4, -0.2) is 26.5 Å². The van der Waals surface area contributed by atoms with Gasteiger partial charge in [0.2, 0.25) is 0 Å². The molecule has 1 aromatic carbocycles. The zero-order chi connectivity index (χ0) is 22.9. The molecule has 166 valence electrons. The smallest absolute Gasteiger partial charge is 0.370 e. The number of halogens is 4. The lowest BCUT2D eigenvalue weighted by Crippen LogP contribution is -2.08. The summed E-state index contributed by atoms with van der Waals surface area (Å²) in [7, 11) is 0. The molecule has 32 heavy (non-hydrogen) atoms. The van der Waals surface area contributed by atoms with Gasteiger partial charge in [-0.3, -0.25) is 0 Å². The highest BCUT2D eigenvalue weighted by molar-refractivity contribution is 5.88. The number of H-pyrrole nitrogens is 1. The fourth-order valence-corrected chi connectivity index (χ4v) is 3.56. The van der Waals surface area contributed by atoms with Crippen LogP contribution in [0.25, 0.3) is 10.9 Å². The molecule has 3 heterocycles. The normalized spacial score (nSPS) is 11.7. The number of aryl methyl sites for hydroxylation is 2. The van der Waals surface area contributed by atoms with E-state index < -0.39 is 11.7 Å². The number of benzene rings is 1. The number of alkyl halides is 3. The summed E-state index contributed by atoms with van der Waals surface area (Å²) in [6.07, 6.45) is -1.70. The van der Waals surface area contributed by atoms with Crippen LogP contribution >= 0.6 is 0 Å². The maximum Gasteiger partial charge on any atom is 0.417 e. The Bertz CT molecular complexity index is 1250. The minimum Gasteiger partial charge on any atom is -0.370 e. The van der Waals surface area contributed by atoms with Crippen molar-refractivity contribution in [2.24, 2.45) is 0 Å². The van der Waals surface area contributed by atoms with Crippen molar-refractivity contribution in [2.75, 3.05) is 17.2 Å². The lowest BCUT2D eigenvalue weighted by Gasteiger charge is -2.10. The summed E-state index contributed by atoms with van der Waals surface area (Å²) in [5, 5.41) is 6.95. The van der Waals surface area contributed by atoms with Gasteiger partial charge >= 0.3 is 6.18 Å². The molecule has 4 rings (SSSR count). The Kier molecular flexibility index (Phi) is 5.68. The molecule has 0 fully saturated rings. The first-order valence-electron chi connectivity index (χ1n) is 9.85. The summed E-state index contributed by atoms with van der Waals surface area (Å²) in [4.78, 5) is 15.1. The number of anilines is 3. The van der Waals surface area contributed by atoms with Crippen LogP contribution < -0.4 is 10.6 Å². The van der Waals surface area contributed by atoms with Crippen molar-refractivity contribution in [3.05, 3.63) is 71.1 Å². The summed E-state index contributed by atoms with van der Waals surface area (Å²) in [6.45, 7) is 4.40. The molecule has 4 aromatic rings. The van der Waals surface area contributed by atoms with Crippen LogP contribution in [0.4, 0.5) is 35.0 Å². The molecule has 0 aliphatic heterocycles. The zero-order valence-corrected chi connectivity index (χ0v) is 17.3. The first-order valence-corrected chi connectivity index (χ1v) is 9.85. The summed E-state index contributed by atoms with van der Waals surface area (Å²) >= 11 is 0. The Morgan fingerprint density at radius 2 is 1.75 bits per heavy atom. The number of fused-ring (bicyclic) bond motifs is 1. The van der Waals surface area contributed by atoms with Gasteiger partial charge in [-0.2, -0.15) is 13.2 Å². The number of hydrogen-bond acceptors (Lipinski definition) is 5. The first-order chi connectivity index (χ1) is 15.2. The van der Waals surface area contributed by atoms with Crippen molar-refractivity contribution in [2.45, 2.75) is 26.4 Å². The van der Waals surface area contributed by atoms with Gasteiger partial charge in [0.15, 0.2) is 0 Å². The van der Waals surface area contributed by atoms with Crippen LogP contribution in [0, 0.1) is 19.7 Å². The quantitative estimate of drug-likeness (QED) is 0.341. The van der Waals surface area contributed by atoms with E-state index in [-0.39, 0.29) is 11.6 Å². The van der Waals surface area contributed by atoms with Crippen LogP contribution in [0.3, 0.4) is 0 Å². The number of nitrogens with one attached hydrogen (secondary N) is 3. The Hall–Kier alpha value is -3.69. The van der Waals surface area contributed by atoms with Gasteiger partial charge in [0.05, 0.1) is 11.1 Å². The van der Waals surface area contributed by atoms with Crippen molar-refractivity contribution in [3.8, 4) is 0 Å². The molecule has 3 aromatic heterocycles. The second-order valence-corrected chi connectivity index (χ2v) is 7.36. The minimum absolute atomic E-state index is 0.231. The Morgan fingerprint density at radius 1 is 0.969 bits per heavy atom. The van der Waals surface area contributed by atoms with E-state index in [0.717, 1.165) is 34.5 Å². The average molecular weight is 444 g/mol. The highest BCUT2D eigenvalue weighted by Gasteiger charge is 2.30. The number of aromatic amines is 1. The third-order valence-corrected chi connectivity index (χ3v) is 5.12. The molecule has 0 amide bonds. The van der Waals surface area contributed by atoms with Gasteiger partial charge in [0.1, 0.15) is 29.6 Å². The number of nitrogens with zero attached hydrogens (tertiary/aromatic N) is 3. The maximum atomic E-state index is 14.1. The van der Waals surface area contributed by atoms with Crippen molar-refractivity contribution in [3.63, 3.8) is 0 Å². The third kappa shape index (κ3) is 4.48. The van der Waals surface area contributed by atoms with E-state index in [2.05, 4.69) is 30.6 Å². The van der Waals surface area contributed by atoms with E-state index in [1.807, 2.05) is 13.8 Å². The SMILES string of the molecule is Cc1[nH]c2c(F)ccc(C)c2c1CCNc1cc(Nc2ccc(C(F)(F)F)cn2)ncn1. The molecule has 0 atom stereocenters. The summed E-state index contributed by atoms with van der Waals surface area (Å²) in [6, 6.07) is 7.03. The van der Waals surface area contributed by atoms with E-state index in [0.29, 0.717) is 30.1 Å². The molecule has 3 N–H and O–H groups in total. The molecule has 0 unspecified atom stereocenters. The van der Waals surface area contributed by atoms with Crippen LogP contribution in [-0.2, 0) is 12.6 Å². The second-order valence-electron chi connectivity index (χ2n) is 7.36. The van der Waals surface area contributed by atoms with Crippen LogP contribution in [0.2, 0.25) is 0 Å². The summed E-state index contributed by atoms with van der Waals surface area (Å²) in [5.74, 6) is 0.872. The van der Waals surface area contributed by atoms with Gasteiger partial charge < -0.3 is 15.6 Å². The number of pyridine rings is 1. The van der Waals surface area contributed by atoms with Crippen LogP contribution in [0.1, 0.15) is 22.4 Å². The van der Waals surface area contributed by atoms with E-state index in [4.69, 9.17) is 0 Å². The molecule has 0 bridgehead atoms. The predicted octanol–water partition coefficient (Wildman–Crippen LogP) is 5.53. The monoisotopic (exact) mass is 444 g/mol. The van der Waals surface area contributed by atoms with E-state index >= 15 is 0 Å². The molecule has 0 spiro atoms. The second kappa shape index (κ2) is 8.45. The Morgan fingerprint density at radius 3 is 2.47 bits per heavy atom. The number of hydrogen-bond donors (Lipinski definition) is 3. The van der Waals surface area contributed by atoms with Gasteiger partial charge in [-0.1, -0.05) is 6.07 Å². The standard InChI is InChI=1S/C22H20F4N6/c1-12-3-5-16(23)21-20(12)15(13(2)31-21)7-8-27-18-9-19(30-11-29-18)32-17-6-4-14(10-28-17)22(24,25)26/h3-6,9-11,31H,7-8H2,1-2H3,(H2,27,28,29,30,32). The van der Waals surface area contributed by atoms with E-state index in [1.165, 1.54) is 18.5 Å². The maximum absolute atomic E-state index is 14.1. The Balaban J connectivity index is 1.43. The molecule has 6 nitrogen and oxygen atoms in total. The third-order valence-electron chi connectivity index (χ3n) is 5.12. The van der Waals surface area contributed by atoms with Crippen molar-refractivity contribution in [1.29, 1.82) is 0 Å². The molecule has 10 heteroatoms. The lowest BCUT2D eigenvalue weighted by molar-refractivity contribution is -0.137. The molecular weight excluding hydrogens is 424 g/mol. The number of rotatable bonds is 6. The summed E-state index contributed by atoms with van der Waals surface area (Å²) < 4.78 is 52.1. The lowest BCUT2D eigenvalue weighted by atomic mass is 10.0. The fourth-order valence-electron chi connectivity index (χ4n) is 3.56. The van der Waals surface area contributed by atoms with E-state index in [1.54, 1.807) is 12.1 Å². The largest absolute Gasteiger partial charge is 0.417 e. The molecule has 0 aliphatic rings.